The number of hydrogen-bond acceptors (Lipinski definition) is 5. The van der Waals surface area contributed by atoms with Crippen LogP contribution in [0, 0.1) is 5.92 Å². The lowest BCUT2D eigenvalue weighted by molar-refractivity contribution is 0.0517. The van der Waals surface area contributed by atoms with Crippen molar-refractivity contribution < 1.29 is 9.47 Å². The fraction of sp³-hybridized carbons (Fsp3) is 0.704. The molecule has 0 saturated carbocycles. The smallest absolute Gasteiger partial charge is 0.185 e. The van der Waals surface area contributed by atoms with Gasteiger partial charge in [0, 0.05) is 25.9 Å². The van der Waals surface area contributed by atoms with Gasteiger partial charge in [-0.15, -0.1) is 0 Å². The second-order valence-corrected chi connectivity index (χ2v) is 10.2. The van der Waals surface area contributed by atoms with Crippen molar-refractivity contribution in [3.63, 3.8) is 0 Å². The van der Waals surface area contributed by atoms with Gasteiger partial charge in [0.15, 0.2) is 5.88 Å². The van der Waals surface area contributed by atoms with E-state index in [9.17, 15) is 0 Å². The zero-order chi connectivity index (χ0) is 22.8. The molecule has 0 atom stereocenters. The minimum atomic E-state index is 0.245. The number of benzene rings is 1. The van der Waals surface area contributed by atoms with Gasteiger partial charge in [0.05, 0.1) is 18.4 Å². The molecule has 3 rings (SSSR count). The normalized spacial score (nSPS) is 18.0. The minimum absolute atomic E-state index is 0.245. The second kappa shape index (κ2) is 13.3. The first-order chi connectivity index (χ1) is 15.6. The lowest BCUT2D eigenvalue weighted by Crippen LogP contribution is -2.34. The number of hydrogen-bond donors (Lipinski definition) is 0. The molecule has 1 aromatic rings. The number of piperidine rings is 1. The number of nitrogens with zero attached hydrogens (tertiary/aromatic N) is 2. The summed E-state index contributed by atoms with van der Waals surface area (Å²) < 4.78 is 14.6. The molecule has 180 valence electrons. The van der Waals surface area contributed by atoms with Crippen LogP contribution in [-0.2, 0) is 11.2 Å². The van der Waals surface area contributed by atoms with Crippen LogP contribution in [0.15, 0.2) is 30.2 Å². The van der Waals surface area contributed by atoms with Crippen LogP contribution in [0.5, 0.6) is 5.75 Å². The summed E-state index contributed by atoms with van der Waals surface area (Å²) in [6.45, 7) is 10.6. The third kappa shape index (κ3) is 7.54. The van der Waals surface area contributed by atoms with Crippen LogP contribution in [0.2, 0.25) is 0 Å². The third-order valence-electron chi connectivity index (χ3n) is 6.53. The molecule has 0 amide bonds. The van der Waals surface area contributed by atoms with Gasteiger partial charge in [-0.3, -0.25) is 0 Å². The van der Waals surface area contributed by atoms with Gasteiger partial charge in [-0.05, 0) is 101 Å². The number of aryl methyl sites for hydroxylation is 1. The van der Waals surface area contributed by atoms with E-state index in [1.807, 2.05) is 11.9 Å². The van der Waals surface area contributed by atoms with E-state index >= 15 is 0 Å². The first-order valence-corrected chi connectivity index (χ1v) is 14.0. The Hall–Kier alpha value is -1.49. The molecule has 0 spiro atoms. The Bertz CT molecular complexity index is 714. The minimum Gasteiger partial charge on any atom is -0.494 e. The second-order valence-electron chi connectivity index (χ2n) is 9.42. The van der Waals surface area contributed by atoms with Crippen LogP contribution in [0.25, 0.3) is 0 Å². The molecule has 0 bridgehead atoms. The number of likely N-dealkylation sites (tertiary alicyclic amines) is 1. The molecule has 0 radical (unpaired) electrons. The maximum absolute atomic E-state index is 6.13. The summed E-state index contributed by atoms with van der Waals surface area (Å²) in [5.41, 5.74) is 2.82. The topological polar surface area (TPSA) is 24.9 Å². The standard InChI is InChI=1S/C27H44N2O2S/c1-5-10-27(31-22(2)3)28-18-15-23(16-19-28)11-7-9-20-30-25-13-14-26-24(21-25)12-6-8-17-29(26)32-4/h10,13-14,21-23H,5-9,11-12,15-20H2,1-4H3/b27-10+. The highest BCUT2D eigenvalue weighted by atomic mass is 32.2. The molecule has 2 aliphatic heterocycles. The number of allylic oxidation sites excluding steroid dienone is 1. The van der Waals surface area contributed by atoms with E-state index in [1.54, 1.807) is 0 Å². The van der Waals surface area contributed by atoms with E-state index in [1.165, 1.54) is 56.2 Å². The zero-order valence-electron chi connectivity index (χ0n) is 20.8. The molecule has 32 heavy (non-hydrogen) atoms. The van der Waals surface area contributed by atoms with Crippen molar-refractivity contribution in [2.75, 3.05) is 36.8 Å². The largest absolute Gasteiger partial charge is 0.494 e. The van der Waals surface area contributed by atoms with Gasteiger partial charge in [-0.2, -0.15) is 0 Å². The monoisotopic (exact) mass is 460 g/mol. The predicted molar refractivity (Wildman–Crippen MR) is 138 cm³/mol. The average molecular weight is 461 g/mol. The molecule has 5 heteroatoms. The van der Waals surface area contributed by atoms with Gasteiger partial charge in [0.2, 0.25) is 0 Å². The maximum atomic E-state index is 6.13. The molecule has 1 aromatic carbocycles. The van der Waals surface area contributed by atoms with Crippen LogP contribution in [0.1, 0.15) is 77.7 Å². The van der Waals surface area contributed by atoms with E-state index in [0.717, 1.165) is 56.6 Å². The molecule has 2 aliphatic rings. The molecule has 0 aliphatic carbocycles. The van der Waals surface area contributed by atoms with Crippen LogP contribution in [-0.4, -0.2) is 43.5 Å². The SMILES string of the molecule is CC/C=C(/OC(C)C)N1CCC(CCCCOc2ccc3c(c2)CCCCN3SC)CC1. The number of rotatable bonds is 11. The number of ether oxygens (including phenoxy) is 2. The highest BCUT2D eigenvalue weighted by molar-refractivity contribution is 7.99. The van der Waals surface area contributed by atoms with Crippen LogP contribution < -0.4 is 9.04 Å². The zero-order valence-corrected chi connectivity index (χ0v) is 21.6. The van der Waals surface area contributed by atoms with Gasteiger partial charge in [0.25, 0.3) is 0 Å². The first-order valence-electron chi connectivity index (χ1n) is 12.8. The highest BCUT2D eigenvalue weighted by Crippen LogP contribution is 2.33. The average Bonchev–Trinajstić information content (AvgIpc) is 3.00. The van der Waals surface area contributed by atoms with Gasteiger partial charge in [-0.1, -0.05) is 25.3 Å². The fourth-order valence-electron chi connectivity index (χ4n) is 4.81. The highest BCUT2D eigenvalue weighted by Gasteiger charge is 2.21. The van der Waals surface area contributed by atoms with E-state index < -0.39 is 0 Å². The summed E-state index contributed by atoms with van der Waals surface area (Å²) in [6, 6.07) is 6.69. The van der Waals surface area contributed by atoms with Crippen LogP contribution in [0.3, 0.4) is 0 Å². The Balaban J connectivity index is 1.35. The summed E-state index contributed by atoms with van der Waals surface area (Å²) >= 11 is 1.83. The van der Waals surface area contributed by atoms with Crippen molar-refractivity contribution in [1.82, 2.24) is 4.90 Å². The van der Waals surface area contributed by atoms with Crippen molar-refractivity contribution >= 4 is 17.6 Å². The Morgan fingerprint density at radius 2 is 1.97 bits per heavy atom. The Morgan fingerprint density at radius 1 is 1.16 bits per heavy atom. The van der Waals surface area contributed by atoms with Crippen molar-refractivity contribution in [3.05, 3.63) is 35.7 Å². The van der Waals surface area contributed by atoms with Gasteiger partial charge >= 0.3 is 0 Å². The summed E-state index contributed by atoms with van der Waals surface area (Å²) in [5.74, 6) is 2.98. The van der Waals surface area contributed by atoms with Crippen LogP contribution >= 0.6 is 11.9 Å². The Morgan fingerprint density at radius 3 is 2.69 bits per heavy atom. The van der Waals surface area contributed by atoms with E-state index in [0.29, 0.717) is 0 Å². The molecule has 4 nitrogen and oxygen atoms in total. The lowest BCUT2D eigenvalue weighted by Gasteiger charge is -2.35. The predicted octanol–water partition coefficient (Wildman–Crippen LogP) is 7.04. The molecule has 0 aromatic heterocycles. The number of fused-ring (bicyclic) bond motifs is 1. The molecule has 2 heterocycles. The van der Waals surface area contributed by atoms with Crippen LogP contribution in [0.4, 0.5) is 5.69 Å². The van der Waals surface area contributed by atoms with Gasteiger partial charge < -0.3 is 18.7 Å². The molecule has 1 fully saturated rings. The fourth-order valence-corrected chi connectivity index (χ4v) is 5.50. The van der Waals surface area contributed by atoms with Gasteiger partial charge in [0.1, 0.15) is 5.75 Å². The number of anilines is 1. The van der Waals surface area contributed by atoms with Crippen molar-refractivity contribution in [2.24, 2.45) is 5.92 Å². The van der Waals surface area contributed by atoms with E-state index in [4.69, 9.17) is 9.47 Å². The molecule has 0 N–H and O–H groups in total. The Labute approximate surface area is 200 Å². The molecular formula is C27H44N2O2S. The van der Waals surface area contributed by atoms with Gasteiger partial charge in [-0.25, -0.2) is 0 Å². The van der Waals surface area contributed by atoms with E-state index in [2.05, 4.69) is 60.5 Å². The van der Waals surface area contributed by atoms with E-state index in [-0.39, 0.29) is 6.10 Å². The summed E-state index contributed by atoms with van der Waals surface area (Å²) in [6.07, 6.45) is 15.7. The number of unbranched alkanes of at least 4 members (excludes halogenated alkanes) is 1. The van der Waals surface area contributed by atoms with Crippen molar-refractivity contribution in [1.29, 1.82) is 0 Å². The van der Waals surface area contributed by atoms with Crippen molar-refractivity contribution in [3.8, 4) is 5.75 Å². The summed E-state index contributed by atoms with van der Waals surface area (Å²) in [7, 11) is 0. The summed E-state index contributed by atoms with van der Waals surface area (Å²) in [5, 5.41) is 0. The summed E-state index contributed by atoms with van der Waals surface area (Å²) in [4.78, 5) is 2.44. The molecular weight excluding hydrogens is 416 g/mol. The molecule has 0 unspecified atom stereocenters. The maximum Gasteiger partial charge on any atom is 0.185 e. The molecule has 1 saturated heterocycles. The van der Waals surface area contributed by atoms with Crippen molar-refractivity contribution in [2.45, 2.75) is 84.7 Å². The third-order valence-corrected chi connectivity index (χ3v) is 7.35. The first kappa shape index (κ1) is 25.1. The quantitative estimate of drug-likeness (QED) is 0.200. The lowest BCUT2D eigenvalue weighted by atomic mass is 9.91. The Kier molecular flexibility index (Phi) is 10.4.